The molecule has 0 saturated carbocycles. The van der Waals surface area contributed by atoms with E-state index in [9.17, 15) is 0 Å². The van der Waals surface area contributed by atoms with Crippen molar-refractivity contribution in [1.29, 1.82) is 0 Å². The molecule has 0 radical (unpaired) electrons. The number of nitrogens with zero attached hydrogens (tertiary/aromatic N) is 2. The van der Waals surface area contributed by atoms with E-state index < -0.39 is 0 Å². The molecule has 2 heterocycles. The van der Waals surface area contributed by atoms with E-state index in [1.165, 1.54) is 0 Å². The highest BCUT2D eigenvalue weighted by Gasteiger charge is 2.09. The van der Waals surface area contributed by atoms with Gasteiger partial charge in [0.15, 0.2) is 0 Å². The predicted octanol–water partition coefficient (Wildman–Crippen LogP) is 0.765. The first-order chi connectivity index (χ1) is 8.34. The SMILES string of the molecule is Nc1cncc(OCCCN2CCOCC2)c1. The van der Waals surface area contributed by atoms with Crippen LogP contribution in [0.25, 0.3) is 0 Å². The number of morpholine rings is 1. The quantitative estimate of drug-likeness (QED) is 0.766. The maximum absolute atomic E-state index is 5.62. The minimum atomic E-state index is 0.635. The summed E-state index contributed by atoms with van der Waals surface area (Å²) in [6.07, 6.45) is 4.31. The summed E-state index contributed by atoms with van der Waals surface area (Å²) in [6.45, 7) is 5.50. The Morgan fingerprint density at radius 1 is 1.35 bits per heavy atom. The van der Waals surface area contributed by atoms with Gasteiger partial charge in [0.25, 0.3) is 0 Å². The van der Waals surface area contributed by atoms with Gasteiger partial charge in [0.05, 0.1) is 37.9 Å². The molecule has 1 aliphatic rings. The summed E-state index contributed by atoms with van der Waals surface area (Å²) in [4.78, 5) is 6.37. The topological polar surface area (TPSA) is 60.6 Å². The number of ether oxygens (including phenoxy) is 2. The lowest BCUT2D eigenvalue weighted by Gasteiger charge is -2.26. The summed E-state index contributed by atoms with van der Waals surface area (Å²) >= 11 is 0. The van der Waals surface area contributed by atoms with E-state index >= 15 is 0 Å². The maximum Gasteiger partial charge on any atom is 0.139 e. The normalized spacial score (nSPS) is 16.9. The summed E-state index contributed by atoms with van der Waals surface area (Å²) in [5.41, 5.74) is 6.25. The highest BCUT2D eigenvalue weighted by Crippen LogP contribution is 2.12. The third-order valence-electron chi connectivity index (χ3n) is 2.73. The second kappa shape index (κ2) is 6.42. The maximum atomic E-state index is 5.62. The van der Waals surface area contributed by atoms with Crippen LogP contribution in [0.15, 0.2) is 18.5 Å². The zero-order valence-electron chi connectivity index (χ0n) is 9.97. The molecule has 17 heavy (non-hydrogen) atoms. The van der Waals surface area contributed by atoms with Crippen LogP contribution in [0.5, 0.6) is 5.75 Å². The fourth-order valence-corrected chi connectivity index (χ4v) is 1.82. The van der Waals surface area contributed by atoms with Crippen molar-refractivity contribution in [2.75, 3.05) is 45.2 Å². The van der Waals surface area contributed by atoms with Crippen LogP contribution in [0, 0.1) is 0 Å². The zero-order chi connectivity index (χ0) is 11.9. The van der Waals surface area contributed by atoms with Crippen molar-refractivity contribution in [3.05, 3.63) is 18.5 Å². The minimum absolute atomic E-state index is 0.635. The highest BCUT2D eigenvalue weighted by atomic mass is 16.5. The van der Waals surface area contributed by atoms with Gasteiger partial charge in [-0.1, -0.05) is 0 Å². The first-order valence-corrected chi connectivity index (χ1v) is 5.98. The van der Waals surface area contributed by atoms with Crippen LogP contribution in [0.3, 0.4) is 0 Å². The average Bonchev–Trinajstić information content (AvgIpc) is 2.36. The van der Waals surface area contributed by atoms with Crippen molar-refractivity contribution in [3.63, 3.8) is 0 Å². The molecule has 1 aromatic rings. The third kappa shape index (κ3) is 4.20. The molecule has 0 aromatic carbocycles. The Morgan fingerprint density at radius 3 is 2.94 bits per heavy atom. The summed E-state index contributed by atoms with van der Waals surface area (Å²) in [7, 11) is 0. The van der Waals surface area contributed by atoms with E-state index in [1.54, 1.807) is 18.5 Å². The fraction of sp³-hybridized carbons (Fsp3) is 0.583. The molecule has 1 saturated heterocycles. The van der Waals surface area contributed by atoms with Crippen molar-refractivity contribution in [1.82, 2.24) is 9.88 Å². The molecule has 5 nitrogen and oxygen atoms in total. The van der Waals surface area contributed by atoms with E-state index in [2.05, 4.69) is 9.88 Å². The molecule has 0 aliphatic carbocycles. The van der Waals surface area contributed by atoms with Crippen LogP contribution in [-0.4, -0.2) is 49.3 Å². The Labute approximate surface area is 102 Å². The number of nitrogens with two attached hydrogens (primary N) is 1. The molecule has 2 rings (SSSR count). The molecule has 5 heteroatoms. The summed E-state index contributed by atoms with van der Waals surface area (Å²) in [5.74, 6) is 0.743. The van der Waals surface area contributed by atoms with Gasteiger partial charge < -0.3 is 15.2 Å². The molecule has 0 atom stereocenters. The minimum Gasteiger partial charge on any atom is -0.492 e. The van der Waals surface area contributed by atoms with E-state index in [4.69, 9.17) is 15.2 Å². The van der Waals surface area contributed by atoms with Gasteiger partial charge in [0.2, 0.25) is 0 Å². The number of pyridine rings is 1. The van der Waals surface area contributed by atoms with Crippen molar-refractivity contribution >= 4 is 5.69 Å². The molecule has 94 valence electrons. The predicted molar refractivity (Wildman–Crippen MR) is 66.0 cm³/mol. The van der Waals surface area contributed by atoms with Crippen molar-refractivity contribution < 1.29 is 9.47 Å². The van der Waals surface area contributed by atoms with E-state index in [0.717, 1.165) is 45.0 Å². The first kappa shape index (κ1) is 12.1. The van der Waals surface area contributed by atoms with Crippen LogP contribution in [-0.2, 0) is 4.74 Å². The van der Waals surface area contributed by atoms with Gasteiger partial charge in [-0.05, 0) is 6.42 Å². The van der Waals surface area contributed by atoms with Crippen LogP contribution in [0.2, 0.25) is 0 Å². The smallest absolute Gasteiger partial charge is 0.139 e. The Hall–Kier alpha value is -1.33. The summed E-state index contributed by atoms with van der Waals surface area (Å²) < 4.78 is 10.9. The lowest BCUT2D eigenvalue weighted by atomic mass is 10.3. The highest BCUT2D eigenvalue weighted by molar-refractivity contribution is 5.39. The van der Waals surface area contributed by atoms with Gasteiger partial charge in [0, 0.05) is 25.7 Å². The molecule has 0 spiro atoms. The summed E-state index contributed by atoms with van der Waals surface area (Å²) in [5, 5.41) is 0. The van der Waals surface area contributed by atoms with Gasteiger partial charge in [0.1, 0.15) is 5.75 Å². The number of hydrogen-bond acceptors (Lipinski definition) is 5. The van der Waals surface area contributed by atoms with Gasteiger partial charge in [-0.2, -0.15) is 0 Å². The number of rotatable bonds is 5. The third-order valence-corrected chi connectivity index (χ3v) is 2.73. The Balaban J connectivity index is 1.62. The molecular formula is C12H19N3O2. The molecule has 0 amide bonds. The molecular weight excluding hydrogens is 218 g/mol. The second-order valence-corrected chi connectivity index (χ2v) is 4.11. The molecule has 1 aromatic heterocycles. The Bertz CT molecular complexity index is 340. The Morgan fingerprint density at radius 2 is 2.18 bits per heavy atom. The van der Waals surface area contributed by atoms with Gasteiger partial charge >= 0.3 is 0 Å². The lowest BCUT2D eigenvalue weighted by Crippen LogP contribution is -2.37. The number of aromatic nitrogens is 1. The molecule has 1 fully saturated rings. The molecule has 0 unspecified atom stereocenters. The molecule has 1 aliphatic heterocycles. The number of hydrogen-bond donors (Lipinski definition) is 1. The second-order valence-electron chi connectivity index (χ2n) is 4.11. The van der Waals surface area contributed by atoms with Crippen molar-refractivity contribution in [2.45, 2.75) is 6.42 Å². The zero-order valence-corrected chi connectivity index (χ0v) is 9.97. The fourth-order valence-electron chi connectivity index (χ4n) is 1.82. The van der Waals surface area contributed by atoms with Crippen molar-refractivity contribution in [2.24, 2.45) is 0 Å². The van der Waals surface area contributed by atoms with E-state index in [1.807, 2.05) is 0 Å². The van der Waals surface area contributed by atoms with Gasteiger partial charge in [-0.3, -0.25) is 9.88 Å². The van der Waals surface area contributed by atoms with E-state index in [-0.39, 0.29) is 0 Å². The number of anilines is 1. The van der Waals surface area contributed by atoms with Crippen molar-refractivity contribution in [3.8, 4) is 5.75 Å². The first-order valence-electron chi connectivity index (χ1n) is 5.98. The molecule has 2 N–H and O–H groups in total. The van der Waals surface area contributed by atoms with Crippen LogP contribution in [0.1, 0.15) is 6.42 Å². The number of nitrogen functional groups attached to an aromatic ring is 1. The monoisotopic (exact) mass is 237 g/mol. The summed E-state index contributed by atoms with van der Waals surface area (Å²) in [6, 6.07) is 1.79. The standard InChI is InChI=1S/C12H19N3O2/c13-11-8-12(10-14-9-11)17-5-1-2-15-3-6-16-7-4-15/h8-10H,1-7,13H2. The van der Waals surface area contributed by atoms with Crippen LogP contribution in [0.4, 0.5) is 5.69 Å². The van der Waals surface area contributed by atoms with Gasteiger partial charge in [-0.15, -0.1) is 0 Å². The largest absolute Gasteiger partial charge is 0.492 e. The average molecular weight is 237 g/mol. The van der Waals surface area contributed by atoms with Crippen LogP contribution >= 0.6 is 0 Å². The van der Waals surface area contributed by atoms with Crippen LogP contribution < -0.4 is 10.5 Å². The molecule has 0 bridgehead atoms. The van der Waals surface area contributed by atoms with Gasteiger partial charge in [-0.25, -0.2) is 0 Å². The van der Waals surface area contributed by atoms with E-state index in [0.29, 0.717) is 12.3 Å². The lowest BCUT2D eigenvalue weighted by molar-refractivity contribution is 0.0358. The Kier molecular flexibility index (Phi) is 4.58.